The van der Waals surface area contributed by atoms with Crippen LogP contribution in [0.3, 0.4) is 0 Å². The van der Waals surface area contributed by atoms with Gasteiger partial charge in [0.1, 0.15) is 11.7 Å². The summed E-state index contributed by atoms with van der Waals surface area (Å²) in [5, 5.41) is 19.6. The molecule has 2 rings (SSSR count). The van der Waals surface area contributed by atoms with Crippen LogP contribution in [0.1, 0.15) is 47.0 Å². The van der Waals surface area contributed by atoms with Crippen molar-refractivity contribution in [1.82, 2.24) is 0 Å². The van der Waals surface area contributed by atoms with Crippen molar-refractivity contribution in [2.75, 3.05) is 0 Å². The quantitative estimate of drug-likeness (QED) is 0.610. The third kappa shape index (κ3) is 3.19. The third-order valence-corrected chi connectivity index (χ3v) is 4.62. The fraction of sp³-hybridized carbons (Fsp3) is 0.867. The minimum absolute atomic E-state index is 0.194. The van der Waals surface area contributed by atoms with Crippen LogP contribution in [0.4, 0.5) is 0 Å². The molecule has 1 heterocycles. The molecule has 2 aliphatic rings. The van der Waals surface area contributed by atoms with Gasteiger partial charge in [0.2, 0.25) is 0 Å². The van der Waals surface area contributed by atoms with Gasteiger partial charge in [0, 0.05) is 0 Å². The molecule has 2 fully saturated rings. The van der Waals surface area contributed by atoms with Gasteiger partial charge in [0.25, 0.3) is 0 Å². The van der Waals surface area contributed by atoms with Gasteiger partial charge in [-0.3, -0.25) is 0 Å². The first-order chi connectivity index (χ1) is 8.72. The van der Waals surface area contributed by atoms with E-state index in [2.05, 4.69) is 6.92 Å². The van der Waals surface area contributed by atoms with E-state index in [0.717, 1.165) is 19.3 Å². The highest BCUT2D eigenvalue weighted by molar-refractivity contribution is 5.09. The standard InChI is InChI=1S/C15H26O4/c1-10-5-6-11-9-12(10)18-19-15(11,4)8-7-13(16)14(2,3)17/h7-8,10-13,16-17H,5-6,9H2,1-4H3/b8-7+/t10?,11?,12?,13-,15+/m0/s1. The first kappa shape index (κ1) is 15.0. The van der Waals surface area contributed by atoms with Crippen molar-refractivity contribution in [3.8, 4) is 0 Å². The van der Waals surface area contributed by atoms with Crippen molar-refractivity contribution in [3.05, 3.63) is 12.2 Å². The molecule has 19 heavy (non-hydrogen) atoms. The third-order valence-electron chi connectivity index (χ3n) is 4.62. The van der Waals surface area contributed by atoms with Crippen LogP contribution in [0.25, 0.3) is 0 Å². The molecule has 1 saturated heterocycles. The van der Waals surface area contributed by atoms with Gasteiger partial charge in [-0.25, -0.2) is 9.78 Å². The van der Waals surface area contributed by atoms with Crippen LogP contribution < -0.4 is 0 Å². The molecule has 5 atom stereocenters. The van der Waals surface area contributed by atoms with Gasteiger partial charge in [-0.1, -0.05) is 19.1 Å². The van der Waals surface area contributed by atoms with Gasteiger partial charge in [-0.05, 0) is 51.9 Å². The van der Waals surface area contributed by atoms with Crippen molar-refractivity contribution in [2.24, 2.45) is 11.8 Å². The maximum Gasteiger partial charge on any atom is 0.122 e. The van der Waals surface area contributed by atoms with Crippen LogP contribution in [-0.4, -0.2) is 33.6 Å². The van der Waals surface area contributed by atoms with Crippen LogP contribution in [0, 0.1) is 11.8 Å². The lowest BCUT2D eigenvalue weighted by molar-refractivity contribution is -0.421. The van der Waals surface area contributed by atoms with E-state index in [1.54, 1.807) is 19.9 Å². The van der Waals surface area contributed by atoms with Gasteiger partial charge >= 0.3 is 0 Å². The molecule has 0 aromatic carbocycles. The summed E-state index contributed by atoms with van der Waals surface area (Å²) in [6.07, 6.45) is 6.00. The Morgan fingerprint density at radius 1 is 1.37 bits per heavy atom. The Morgan fingerprint density at radius 3 is 2.68 bits per heavy atom. The van der Waals surface area contributed by atoms with Crippen LogP contribution in [0.2, 0.25) is 0 Å². The van der Waals surface area contributed by atoms with E-state index >= 15 is 0 Å². The number of hydrogen-bond acceptors (Lipinski definition) is 4. The SMILES string of the molecule is CC1CCC2CC1OO[C@]2(C)/C=C/[C@H](O)C(C)(C)O. The monoisotopic (exact) mass is 270 g/mol. The molecular weight excluding hydrogens is 244 g/mol. The number of hydrogen-bond donors (Lipinski definition) is 2. The lowest BCUT2D eigenvalue weighted by Gasteiger charge is -2.46. The summed E-state index contributed by atoms with van der Waals surface area (Å²) < 4.78 is 0. The summed E-state index contributed by atoms with van der Waals surface area (Å²) in [7, 11) is 0. The average molecular weight is 270 g/mol. The minimum Gasteiger partial charge on any atom is -0.387 e. The van der Waals surface area contributed by atoms with Crippen molar-refractivity contribution in [1.29, 1.82) is 0 Å². The van der Waals surface area contributed by atoms with Crippen LogP contribution in [-0.2, 0) is 9.78 Å². The lowest BCUT2D eigenvalue weighted by Crippen LogP contribution is -2.49. The van der Waals surface area contributed by atoms with Gasteiger partial charge in [0.15, 0.2) is 0 Å². The van der Waals surface area contributed by atoms with Gasteiger partial charge in [-0.15, -0.1) is 0 Å². The average Bonchev–Trinajstić information content (AvgIpc) is 2.33. The van der Waals surface area contributed by atoms with Crippen LogP contribution in [0.15, 0.2) is 12.2 Å². The van der Waals surface area contributed by atoms with Crippen molar-refractivity contribution < 1.29 is 20.0 Å². The summed E-state index contributed by atoms with van der Waals surface area (Å²) in [6.45, 7) is 7.35. The zero-order chi connectivity index (χ0) is 14.3. The summed E-state index contributed by atoms with van der Waals surface area (Å²) >= 11 is 0. The Hall–Kier alpha value is -0.420. The molecule has 3 unspecified atom stereocenters. The van der Waals surface area contributed by atoms with Crippen molar-refractivity contribution in [2.45, 2.75) is 70.4 Å². The van der Waals surface area contributed by atoms with E-state index in [9.17, 15) is 10.2 Å². The molecule has 0 radical (unpaired) electrons. The van der Waals surface area contributed by atoms with Crippen molar-refractivity contribution in [3.63, 3.8) is 0 Å². The summed E-state index contributed by atoms with van der Waals surface area (Å²) in [4.78, 5) is 11.1. The smallest absolute Gasteiger partial charge is 0.122 e. The molecule has 4 heteroatoms. The highest BCUT2D eigenvalue weighted by atomic mass is 17.2. The summed E-state index contributed by atoms with van der Waals surface area (Å²) in [6, 6.07) is 0. The lowest BCUT2D eigenvalue weighted by atomic mass is 9.72. The maximum atomic E-state index is 9.86. The zero-order valence-electron chi connectivity index (χ0n) is 12.3. The van der Waals surface area contributed by atoms with E-state index in [-0.39, 0.29) is 6.10 Å². The molecule has 110 valence electrons. The van der Waals surface area contributed by atoms with E-state index in [1.807, 2.05) is 13.0 Å². The molecule has 0 spiro atoms. The number of aliphatic hydroxyl groups excluding tert-OH is 1. The first-order valence-electron chi connectivity index (χ1n) is 7.16. The predicted molar refractivity (Wildman–Crippen MR) is 72.3 cm³/mol. The first-order valence-corrected chi connectivity index (χ1v) is 7.16. The van der Waals surface area contributed by atoms with Gasteiger partial charge < -0.3 is 10.2 Å². The second kappa shape index (κ2) is 5.17. The topological polar surface area (TPSA) is 58.9 Å². The fourth-order valence-corrected chi connectivity index (χ4v) is 2.85. The molecular formula is C15H26O4. The van der Waals surface area contributed by atoms with Crippen molar-refractivity contribution >= 4 is 0 Å². The van der Waals surface area contributed by atoms with Crippen LogP contribution >= 0.6 is 0 Å². The largest absolute Gasteiger partial charge is 0.387 e. The molecule has 2 N–H and O–H groups in total. The zero-order valence-corrected chi connectivity index (χ0v) is 12.3. The Bertz CT molecular complexity index is 347. The number of aliphatic hydroxyl groups is 2. The van der Waals surface area contributed by atoms with E-state index in [4.69, 9.17) is 9.78 Å². The van der Waals surface area contributed by atoms with E-state index < -0.39 is 17.3 Å². The Kier molecular flexibility index (Phi) is 4.07. The summed E-state index contributed by atoms with van der Waals surface area (Å²) in [5.74, 6) is 0.958. The Balaban J connectivity index is 2.05. The minimum atomic E-state index is -1.15. The Labute approximate surface area is 115 Å². The Morgan fingerprint density at radius 2 is 2.05 bits per heavy atom. The molecule has 4 nitrogen and oxygen atoms in total. The second-order valence-corrected chi connectivity index (χ2v) is 6.85. The molecule has 1 saturated carbocycles. The molecule has 2 bridgehead atoms. The van der Waals surface area contributed by atoms with E-state index in [1.165, 1.54) is 0 Å². The van der Waals surface area contributed by atoms with E-state index in [0.29, 0.717) is 11.8 Å². The number of fused-ring (bicyclic) bond motifs is 2. The number of rotatable bonds is 3. The predicted octanol–water partition coefficient (Wildman–Crippen LogP) is 2.20. The van der Waals surface area contributed by atoms with Gasteiger partial charge in [0.05, 0.1) is 11.7 Å². The highest BCUT2D eigenvalue weighted by Gasteiger charge is 2.45. The highest BCUT2D eigenvalue weighted by Crippen LogP contribution is 2.44. The fourth-order valence-electron chi connectivity index (χ4n) is 2.85. The summed E-state index contributed by atoms with van der Waals surface area (Å²) in [5.41, 5.74) is -1.66. The van der Waals surface area contributed by atoms with Crippen LogP contribution in [0.5, 0.6) is 0 Å². The molecule has 0 amide bonds. The molecule has 1 aliphatic carbocycles. The van der Waals surface area contributed by atoms with Gasteiger partial charge in [-0.2, -0.15) is 0 Å². The maximum absolute atomic E-state index is 9.86. The molecule has 1 aliphatic heterocycles. The molecule has 0 aromatic heterocycles. The normalized spacial score (nSPS) is 41.5. The second-order valence-electron chi connectivity index (χ2n) is 6.85. The molecule has 0 aromatic rings.